The van der Waals surface area contributed by atoms with Crippen molar-refractivity contribution in [2.75, 3.05) is 46.3 Å². The quantitative estimate of drug-likeness (QED) is 0.389. The van der Waals surface area contributed by atoms with Gasteiger partial charge in [0.25, 0.3) is 5.91 Å². The van der Waals surface area contributed by atoms with Gasteiger partial charge >= 0.3 is 0 Å². The molecule has 0 saturated heterocycles. The average Bonchev–Trinajstić information content (AvgIpc) is 3.18. The molecule has 3 rings (SSSR count). The Morgan fingerprint density at radius 2 is 1.82 bits per heavy atom. The molecule has 0 saturated carbocycles. The summed E-state index contributed by atoms with van der Waals surface area (Å²) in [6.45, 7) is 1.15. The van der Waals surface area contributed by atoms with Gasteiger partial charge in [0, 0.05) is 18.7 Å². The Balaban J connectivity index is 0.00000385. The van der Waals surface area contributed by atoms with Gasteiger partial charge in [-0.3, -0.25) is 9.69 Å². The minimum absolute atomic E-state index is 0. The van der Waals surface area contributed by atoms with Crippen LogP contribution in [0.4, 0.5) is 13.9 Å². The minimum atomic E-state index is -0.746. The second kappa shape index (κ2) is 11.9. The van der Waals surface area contributed by atoms with E-state index >= 15 is 0 Å². The lowest BCUT2D eigenvalue weighted by molar-refractivity contribution is -0.114. The van der Waals surface area contributed by atoms with Crippen molar-refractivity contribution in [2.24, 2.45) is 0 Å². The number of amides is 1. The van der Waals surface area contributed by atoms with Crippen molar-refractivity contribution in [1.82, 2.24) is 9.88 Å². The Morgan fingerprint density at radius 1 is 1.09 bits per heavy atom. The van der Waals surface area contributed by atoms with Crippen LogP contribution in [0, 0.1) is 11.6 Å². The van der Waals surface area contributed by atoms with Gasteiger partial charge in [-0.1, -0.05) is 17.4 Å². The summed E-state index contributed by atoms with van der Waals surface area (Å²) in [6, 6.07) is 7.33. The maximum Gasteiger partial charge on any atom is 0.252 e. The molecule has 10 heteroatoms. The first-order valence-electron chi connectivity index (χ1n) is 9.94. The smallest absolute Gasteiger partial charge is 0.252 e. The number of halogens is 3. The molecule has 0 aliphatic carbocycles. The summed E-state index contributed by atoms with van der Waals surface area (Å²) >= 11 is 1.08. The molecule has 6 nitrogen and oxygen atoms in total. The number of rotatable bonds is 9. The molecule has 1 aromatic heterocycles. The Hall–Kier alpha value is -2.75. The van der Waals surface area contributed by atoms with E-state index in [9.17, 15) is 13.6 Å². The van der Waals surface area contributed by atoms with Crippen LogP contribution in [0.3, 0.4) is 0 Å². The topological polar surface area (TPSA) is 54.9 Å². The zero-order valence-corrected chi connectivity index (χ0v) is 20.4. The van der Waals surface area contributed by atoms with Crippen molar-refractivity contribution in [3.05, 3.63) is 53.6 Å². The standard InChI is InChI=1S/C23H25F2N3O3S.ClH/c1-27(2)10-5-11-28(23-26-22-17(25)13-16(24)14-20(22)32-23)21(29)9-7-15-6-8-18(30-3)19(12-15)31-4;/h6-9,12-14H,5,10-11H2,1-4H3;1H. The fourth-order valence-electron chi connectivity index (χ4n) is 3.12. The van der Waals surface area contributed by atoms with Crippen LogP contribution in [0.15, 0.2) is 36.4 Å². The third-order valence-electron chi connectivity index (χ3n) is 4.71. The van der Waals surface area contributed by atoms with E-state index in [-0.39, 0.29) is 23.8 Å². The highest BCUT2D eigenvalue weighted by Gasteiger charge is 2.20. The largest absolute Gasteiger partial charge is 0.493 e. The van der Waals surface area contributed by atoms with Crippen molar-refractivity contribution >= 4 is 51.1 Å². The molecular weight excluding hydrogens is 472 g/mol. The molecule has 3 aromatic rings. The zero-order valence-electron chi connectivity index (χ0n) is 18.8. The lowest BCUT2D eigenvalue weighted by Crippen LogP contribution is -2.32. The van der Waals surface area contributed by atoms with Crippen LogP contribution in [0.2, 0.25) is 0 Å². The highest BCUT2D eigenvalue weighted by molar-refractivity contribution is 7.22. The molecule has 0 aliphatic heterocycles. The normalized spacial score (nSPS) is 11.1. The van der Waals surface area contributed by atoms with Crippen molar-refractivity contribution in [3.8, 4) is 11.5 Å². The lowest BCUT2D eigenvalue weighted by atomic mass is 10.2. The Bertz CT molecular complexity index is 1140. The van der Waals surface area contributed by atoms with E-state index in [0.717, 1.165) is 29.5 Å². The first-order chi connectivity index (χ1) is 15.3. The zero-order chi connectivity index (χ0) is 23.3. The number of nitrogens with zero attached hydrogens (tertiary/aromatic N) is 3. The monoisotopic (exact) mass is 497 g/mol. The molecule has 1 amide bonds. The van der Waals surface area contributed by atoms with Gasteiger partial charge in [-0.2, -0.15) is 0 Å². The minimum Gasteiger partial charge on any atom is -0.493 e. The molecule has 0 unspecified atom stereocenters. The second-order valence-corrected chi connectivity index (χ2v) is 8.33. The Labute approximate surface area is 201 Å². The molecule has 0 radical (unpaired) electrons. The van der Waals surface area contributed by atoms with Crippen LogP contribution in [0.1, 0.15) is 12.0 Å². The first kappa shape index (κ1) is 26.5. The number of anilines is 1. The van der Waals surface area contributed by atoms with Crippen LogP contribution in [-0.4, -0.2) is 57.2 Å². The summed E-state index contributed by atoms with van der Waals surface area (Å²) in [7, 11) is 6.98. The number of hydrogen-bond donors (Lipinski definition) is 0. The predicted molar refractivity (Wildman–Crippen MR) is 131 cm³/mol. The number of aromatic nitrogens is 1. The van der Waals surface area contributed by atoms with Gasteiger partial charge in [0.05, 0.1) is 18.9 Å². The van der Waals surface area contributed by atoms with Gasteiger partial charge in [-0.05, 0) is 56.9 Å². The number of methoxy groups -OCH3 is 2. The van der Waals surface area contributed by atoms with Gasteiger partial charge in [0.2, 0.25) is 0 Å². The number of fused-ring (bicyclic) bond motifs is 1. The molecule has 0 aliphatic rings. The fourth-order valence-corrected chi connectivity index (χ4v) is 4.16. The van der Waals surface area contributed by atoms with E-state index in [1.54, 1.807) is 31.4 Å². The van der Waals surface area contributed by atoms with E-state index in [1.807, 2.05) is 19.0 Å². The summed E-state index contributed by atoms with van der Waals surface area (Å²) in [4.78, 5) is 20.8. The van der Waals surface area contributed by atoms with E-state index in [2.05, 4.69) is 4.98 Å². The molecule has 0 N–H and O–H groups in total. The van der Waals surface area contributed by atoms with Crippen LogP contribution in [0.25, 0.3) is 16.3 Å². The SMILES string of the molecule is COc1ccc(C=CC(=O)N(CCCN(C)C)c2nc3c(F)cc(F)cc3s2)cc1OC.Cl. The number of carbonyl (C=O) groups is 1. The van der Waals surface area contributed by atoms with Crippen LogP contribution < -0.4 is 14.4 Å². The summed E-state index contributed by atoms with van der Waals surface area (Å²) in [5.74, 6) is -0.592. The number of carbonyl (C=O) groups excluding carboxylic acids is 1. The van der Waals surface area contributed by atoms with Crippen molar-refractivity contribution < 1.29 is 23.0 Å². The molecule has 0 bridgehead atoms. The van der Waals surface area contributed by atoms with E-state index in [4.69, 9.17) is 9.47 Å². The van der Waals surface area contributed by atoms with E-state index in [0.29, 0.717) is 34.3 Å². The van der Waals surface area contributed by atoms with Crippen LogP contribution >= 0.6 is 23.7 Å². The highest BCUT2D eigenvalue weighted by Crippen LogP contribution is 2.32. The summed E-state index contributed by atoms with van der Waals surface area (Å²) < 4.78 is 38.6. The van der Waals surface area contributed by atoms with Gasteiger partial charge < -0.3 is 14.4 Å². The fraction of sp³-hybridized carbons (Fsp3) is 0.304. The lowest BCUT2D eigenvalue weighted by Gasteiger charge is -2.19. The van der Waals surface area contributed by atoms with E-state index < -0.39 is 11.6 Å². The molecule has 2 aromatic carbocycles. The molecular formula is C23H26ClF2N3O3S. The van der Waals surface area contributed by atoms with Crippen molar-refractivity contribution in [3.63, 3.8) is 0 Å². The molecule has 1 heterocycles. The summed E-state index contributed by atoms with van der Waals surface area (Å²) in [5, 5.41) is 0.324. The third-order valence-corrected chi connectivity index (χ3v) is 5.74. The van der Waals surface area contributed by atoms with Gasteiger partial charge in [-0.15, -0.1) is 12.4 Å². The Morgan fingerprint density at radius 3 is 2.48 bits per heavy atom. The molecule has 33 heavy (non-hydrogen) atoms. The van der Waals surface area contributed by atoms with Crippen molar-refractivity contribution in [1.29, 1.82) is 0 Å². The highest BCUT2D eigenvalue weighted by atomic mass is 35.5. The summed E-state index contributed by atoms with van der Waals surface area (Å²) in [5.41, 5.74) is 0.808. The number of benzene rings is 2. The summed E-state index contributed by atoms with van der Waals surface area (Å²) in [6.07, 6.45) is 3.78. The van der Waals surface area contributed by atoms with E-state index in [1.165, 1.54) is 24.2 Å². The molecule has 178 valence electrons. The maximum absolute atomic E-state index is 14.1. The van der Waals surface area contributed by atoms with Crippen molar-refractivity contribution in [2.45, 2.75) is 6.42 Å². The first-order valence-corrected chi connectivity index (χ1v) is 10.8. The second-order valence-electron chi connectivity index (χ2n) is 7.33. The molecule has 0 spiro atoms. The van der Waals surface area contributed by atoms with Gasteiger partial charge in [0.15, 0.2) is 22.4 Å². The predicted octanol–water partition coefficient (Wildman–Crippen LogP) is 5.01. The molecule has 0 fully saturated rings. The van der Waals surface area contributed by atoms with Gasteiger partial charge in [0.1, 0.15) is 11.3 Å². The van der Waals surface area contributed by atoms with Crippen LogP contribution in [-0.2, 0) is 4.79 Å². The average molecular weight is 498 g/mol. The number of ether oxygens (including phenoxy) is 2. The number of hydrogen-bond acceptors (Lipinski definition) is 6. The van der Waals surface area contributed by atoms with Gasteiger partial charge in [-0.25, -0.2) is 13.8 Å². The maximum atomic E-state index is 14.1. The number of thiazole rings is 1. The molecule has 0 atom stereocenters. The third kappa shape index (κ3) is 6.63. The van der Waals surface area contributed by atoms with Crippen LogP contribution in [0.5, 0.6) is 11.5 Å². The Kier molecular flexibility index (Phi) is 9.57.